The van der Waals surface area contributed by atoms with E-state index < -0.39 is 0 Å². The molecule has 0 aromatic carbocycles. The number of alkyl halides is 1. The summed E-state index contributed by atoms with van der Waals surface area (Å²) >= 11 is 10.4. The lowest BCUT2D eigenvalue weighted by atomic mass is 10.3. The van der Waals surface area contributed by atoms with Crippen LogP contribution in [0.1, 0.15) is 33.1 Å². The number of hydrogen-bond acceptors (Lipinski definition) is 0. The van der Waals surface area contributed by atoms with E-state index in [1.54, 1.807) is 6.08 Å². The van der Waals surface area contributed by atoms with Crippen molar-refractivity contribution in [2.24, 2.45) is 0 Å². The Balaban J connectivity index is 0. The molecule has 0 aromatic rings. The minimum Gasteiger partial charge on any atom is -0.127 e. The highest BCUT2D eigenvalue weighted by atomic mass is 35.5. The van der Waals surface area contributed by atoms with Crippen molar-refractivity contribution in [1.29, 1.82) is 0 Å². The first-order valence-corrected chi connectivity index (χ1v) is 4.57. The van der Waals surface area contributed by atoms with Crippen molar-refractivity contribution in [3.05, 3.63) is 11.6 Å². The molecule has 0 nitrogen and oxygen atoms in total. The van der Waals surface area contributed by atoms with Gasteiger partial charge in [-0.3, -0.25) is 0 Å². The molecule has 0 atom stereocenters. The maximum absolute atomic E-state index is 5.38. The SMILES string of the molecule is CC=CCl.CCCCCCl. The molecule has 0 aliphatic heterocycles. The smallest absolute Gasteiger partial charge is 0.0223 e. The largest absolute Gasteiger partial charge is 0.127 e. The lowest BCUT2D eigenvalue weighted by Crippen LogP contribution is -1.70. The van der Waals surface area contributed by atoms with Gasteiger partial charge >= 0.3 is 0 Å². The van der Waals surface area contributed by atoms with Crippen molar-refractivity contribution in [2.45, 2.75) is 33.1 Å². The third kappa shape index (κ3) is 23.9. The van der Waals surface area contributed by atoms with Gasteiger partial charge in [-0.05, 0) is 18.9 Å². The van der Waals surface area contributed by atoms with Crippen molar-refractivity contribution in [3.8, 4) is 0 Å². The zero-order valence-corrected chi connectivity index (χ0v) is 8.25. The fourth-order valence-electron chi connectivity index (χ4n) is 0.344. The van der Waals surface area contributed by atoms with Crippen LogP contribution in [0.4, 0.5) is 0 Å². The number of halogens is 2. The van der Waals surface area contributed by atoms with E-state index in [0.29, 0.717) is 0 Å². The van der Waals surface area contributed by atoms with Gasteiger partial charge in [-0.15, -0.1) is 11.6 Å². The van der Waals surface area contributed by atoms with Gasteiger partial charge in [0.2, 0.25) is 0 Å². The van der Waals surface area contributed by atoms with Crippen molar-refractivity contribution >= 4 is 23.2 Å². The van der Waals surface area contributed by atoms with Gasteiger partial charge in [-0.25, -0.2) is 0 Å². The predicted octanol–water partition coefficient (Wildman–Crippen LogP) is 4.17. The summed E-state index contributed by atoms with van der Waals surface area (Å²) < 4.78 is 0. The van der Waals surface area contributed by atoms with Crippen LogP contribution in [0.5, 0.6) is 0 Å². The minimum absolute atomic E-state index is 0.827. The Morgan fingerprint density at radius 2 is 1.80 bits per heavy atom. The molecule has 0 saturated carbocycles. The molecule has 0 amide bonds. The van der Waals surface area contributed by atoms with Gasteiger partial charge in [-0.1, -0.05) is 37.4 Å². The van der Waals surface area contributed by atoms with Gasteiger partial charge in [0.1, 0.15) is 0 Å². The molecule has 0 unspecified atom stereocenters. The highest BCUT2D eigenvalue weighted by Crippen LogP contribution is 1.93. The Morgan fingerprint density at radius 3 is 1.90 bits per heavy atom. The van der Waals surface area contributed by atoms with E-state index >= 15 is 0 Å². The summed E-state index contributed by atoms with van der Waals surface area (Å²) in [4.78, 5) is 0. The van der Waals surface area contributed by atoms with Gasteiger partial charge < -0.3 is 0 Å². The topological polar surface area (TPSA) is 0 Å². The van der Waals surface area contributed by atoms with E-state index in [1.807, 2.05) is 6.92 Å². The highest BCUT2D eigenvalue weighted by Gasteiger charge is 1.76. The fraction of sp³-hybridized carbons (Fsp3) is 0.750. The summed E-state index contributed by atoms with van der Waals surface area (Å²) in [6.45, 7) is 4.04. The molecule has 0 N–H and O–H groups in total. The van der Waals surface area contributed by atoms with Gasteiger partial charge in [0.15, 0.2) is 0 Å². The maximum Gasteiger partial charge on any atom is 0.0223 e. The van der Waals surface area contributed by atoms with Crippen LogP contribution < -0.4 is 0 Å². The fourth-order valence-corrected chi connectivity index (χ4v) is 0.533. The molecule has 0 heterocycles. The van der Waals surface area contributed by atoms with Crippen molar-refractivity contribution in [1.82, 2.24) is 0 Å². The first-order valence-electron chi connectivity index (χ1n) is 3.60. The summed E-state index contributed by atoms with van der Waals surface area (Å²) in [6, 6.07) is 0. The molecule has 2 heteroatoms. The molecule has 0 aliphatic rings. The van der Waals surface area contributed by atoms with Gasteiger partial charge in [-0.2, -0.15) is 0 Å². The van der Waals surface area contributed by atoms with Gasteiger partial charge in [0, 0.05) is 5.88 Å². The Kier molecular flexibility index (Phi) is 20.9. The number of hydrogen-bond donors (Lipinski definition) is 0. The molecule has 0 bridgehead atoms. The molecule has 0 spiro atoms. The van der Waals surface area contributed by atoms with Crippen LogP contribution in [0.3, 0.4) is 0 Å². The quantitative estimate of drug-likeness (QED) is 0.455. The summed E-state index contributed by atoms with van der Waals surface area (Å²) in [5.74, 6) is 0.827. The van der Waals surface area contributed by atoms with Crippen molar-refractivity contribution in [2.75, 3.05) is 5.88 Å². The summed E-state index contributed by atoms with van der Waals surface area (Å²) in [5, 5.41) is 0. The Morgan fingerprint density at radius 1 is 1.30 bits per heavy atom. The zero-order valence-electron chi connectivity index (χ0n) is 6.74. The third-order valence-electron chi connectivity index (χ3n) is 0.863. The molecule has 0 radical (unpaired) electrons. The van der Waals surface area contributed by atoms with E-state index in [0.717, 1.165) is 5.88 Å². The minimum atomic E-state index is 0.827. The maximum atomic E-state index is 5.38. The van der Waals surface area contributed by atoms with Crippen LogP contribution in [0.2, 0.25) is 0 Å². The summed E-state index contributed by atoms with van der Waals surface area (Å²) in [7, 11) is 0. The van der Waals surface area contributed by atoms with Crippen LogP contribution in [0.25, 0.3) is 0 Å². The van der Waals surface area contributed by atoms with E-state index in [-0.39, 0.29) is 0 Å². The lowest BCUT2D eigenvalue weighted by Gasteiger charge is -1.84. The second kappa shape index (κ2) is 16.2. The van der Waals surface area contributed by atoms with E-state index in [1.165, 1.54) is 24.8 Å². The van der Waals surface area contributed by atoms with Crippen LogP contribution in [0.15, 0.2) is 11.6 Å². The van der Waals surface area contributed by atoms with Gasteiger partial charge in [0.25, 0.3) is 0 Å². The standard InChI is InChI=1S/C5H11Cl.C3H5Cl/c1-2-3-4-5-6;1-2-3-4/h2-5H2,1H3;2-3H,1H3. The molecular weight excluding hydrogens is 167 g/mol. The number of rotatable bonds is 3. The second-order valence-corrected chi connectivity index (χ2v) is 2.49. The Bertz CT molecular complexity index is 52.3. The molecule has 0 aromatic heterocycles. The molecule has 0 fully saturated rings. The normalized spacial score (nSPS) is 9.20. The average Bonchev–Trinajstić information content (AvgIpc) is 2.01. The van der Waals surface area contributed by atoms with E-state index in [4.69, 9.17) is 23.2 Å². The predicted molar refractivity (Wildman–Crippen MR) is 50.9 cm³/mol. The Hall–Kier alpha value is 0.320. The molecule has 0 aliphatic carbocycles. The van der Waals surface area contributed by atoms with Crippen molar-refractivity contribution in [3.63, 3.8) is 0 Å². The highest BCUT2D eigenvalue weighted by molar-refractivity contribution is 6.25. The van der Waals surface area contributed by atoms with Crippen LogP contribution in [0, 0.1) is 0 Å². The van der Waals surface area contributed by atoms with E-state index in [2.05, 4.69) is 6.92 Å². The monoisotopic (exact) mass is 182 g/mol. The van der Waals surface area contributed by atoms with Crippen LogP contribution >= 0.6 is 23.2 Å². The lowest BCUT2D eigenvalue weighted by molar-refractivity contribution is 0.776. The van der Waals surface area contributed by atoms with E-state index in [9.17, 15) is 0 Å². The molecule has 10 heavy (non-hydrogen) atoms. The molecule has 0 saturated heterocycles. The Labute approximate surface area is 74.2 Å². The first kappa shape index (κ1) is 12.9. The first-order chi connectivity index (χ1) is 4.83. The van der Waals surface area contributed by atoms with Crippen molar-refractivity contribution < 1.29 is 0 Å². The number of unbranched alkanes of at least 4 members (excludes halogenated alkanes) is 2. The third-order valence-corrected chi connectivity index (χ3v) is 1.38. The second-order valence-electron chi connectivity index (χ2n) is 1.86. The molecule has 62 valence electrons. The number of allylic oxidation sites excluding steroid dienone is 1. The summed E-state index contributed by atoms with van der Waals surface area (Å²) in [5.41, 5.74) is 1.47. The van der Waals surface area contributed by atoms with Crippen LogP contribution in [-0.4, -0.2) is 5.88 Å². The van der Waals surface area contributed by atoms with Crippen LogP contribution in [-0.2, 0) is 0 Å². The average molecular weight is 183 g/mol. The molecular formula is C8H16Cl2. The summed E-state index contributed by atoms with van der Waals surface area (Å²) in [6.07, 6.45) is 5.50. The zero-order chi connectivity index (χ0) is 8.24. The van der Waals surface area contributed by atoms with Gasteiger partial charge in [0.05, 0.1) is 0 Å². The molecule has 0 rings (SSSR count).